The van der Waals surface area contributed by atoms with Gasteiger partial charge in [-0.1, -0.05) is 44.0 Å². The first-order valence-electron chi connectivity index (χ1n) is 7.22. The molecule has 2 nitrogen and oxygen atoms in total. The van der Waals surface area contributed by atoms with Crippen LogP contribution in [-0.2, 0) is 0 Å². The smallest absolute Gasteiger partial charge is 0.0604 e. The normalized spacial score (nSPS) is 36.5. The zero-order valence-corrected chi connectivity index (χ0v) is 12.5. The molecule has 2 atom stereocenters. The summed E-state index contributed by atoms with van der Waals surface area (Å²) in [5, 5.41) is 12.7. The van der Waals surface area contributed by atoms with Crippen molar-refractivity contribution in [1.29, 1.82) is 0 Å². The maximum atomic E-state index is 9.17. The van der Waals surface area contributed by atoms with Gasteiger partial charge in [0.05, 0.1) is 5.71 Å². The largest absolute Gasteiger partial charge is 0.411 e. The van der Waals surface area contributed by atoms with Crippen LogP contribution in [0.1, 0.15) is 66.7 Å². The van der Waals surface area contributed by atoms with Gasteiger partial charge in [-0.2, -0.15) is 0 Å². The summed E-state index contributed by atoms with van der Waals surface area (Å²) in [4.78, 5) is 0. The Hall–Kier alpha value is -0.790. The second-order valence-electron chi connectivity index (χ2n) is 7.20. The number of allylic oxidation sites excluding steroid dienone is 2. The molecule has 0 aliphatic heterocycles. The van der Waals surface area contributed by atoms with Crippen LogP contribution in [0.25, 0.3) is 0 Å². The van der Waals surface area contributed by atoms with Gasteiger partial charge in [0.1, 0.15) is 0 Å². The fraction of sp³-hybridized carbons (Fsp3) is 0.812. The first-order valence-corrected chi connectivity index (χ1v) is 7.22. The standard InChI is InChI=1S/C16H27NO/c1-11-9-13-7-6-8-15(3,4)14(13)10-16(11,5)12(2)17-18/h11,18H,6-10H2,1-5H3/b17-12-/t11-,16-/m0/s1. The minimum absolute atomic E-state index is 0.0300. The molecule has 2 rings (SSSR count). The van der Waals surface area contributed by atoms with Crippen molar-refractivity contribution >= 4 is 5.71 Å². The average Bonchev–Trinajstić information content (AvgIpc) is 2.30. The molecule has 1 N–H and O–H groups in total. The highest BCUT2D eigenvalue weighted by molar-refractivity contribution is 5.88. The van der Waals surface area contributed by atoms with Crippen molar-refractivity contribution in [3.8, 4) is 0 Å². The molecular weight excluding hydrogens is 222 g/mol. The van der Waals surface area contributed by atoms with E-state index < -0.39 is 0 Å². The van der Waals surface area contributed by atoms with Crippen molar-refractivity contribution in [1.82, 2.24) is 0 Å². The van der Waals surface area contributed by atoms with E-state index in [0.29, 0.717) is 11.3 Å². The van der Waals surface area contributed by atoms with E-state index in [-0.39, 0.29) is 5.41 Å². The van der Waals surface area contributed by atoms with E-state index in [1.54, 1.807) is 11.1 Å². The zero-order valence-electron chi connectivity index (χ0n) is 12.5. The zero-order chi connectivity index (χ0) is 13.6. The van der Waals surface area contributed by atoms with E-state index in [9.17, 15) is 0 Å². The predicted octanol–water partition coefficient (Wildman–Crippen LogP) is 4.78. The van der Waals surface area contributed by atoms with Crippen LogP contribution in [0.5, 0.6) is 0 Å². The molecular formula is C16H27NO. The molecule has 0 aromatic heterocycles. The summed E-state index contributed by atoms with van der Waals surface area (Å²) in [7, 11) is 0. The third kappa shape index (κ3) is 2.00. The highest BCUT2D eigenvalue weighted by atomic mass is 16.4. The lowest BCUT2D eigenvalue weighted by Crippen LogP contribution is -2.40. The predicted molar refractivity (Wildman–Crippen MR) is 76.1 cm³/mol. The fourth-order valence-electron chi connectivity index (χ4n) is 3.85. The van der Waals surface area contributed by atoms with Gasteiger partial charge in [0.2, 0.25) is 0 Å². The molecule has 0 spiro atoms. The Bertz CT molecular complexity index is 405. The summed E-state index contributed by atoms with van der Waals surface area (Å²) in [6, 6.07) is 0. The Morgan fingerprint density at radius 1 is 1.33 bits per heavy atom. The molecule has 0 heterocycles. The van der Waals surface area contributed by atoms with Crippen molar-refractivity contribution in [2.24, 2.45) is 21.9 Å². The van der Waals surface area contributed by atoms with Gasteiger partial charge in [-0.25, -0.2) is 0 Å². The van der Waals surface area contributed by atoms with Gasteiger partial charge in [0.25, 0.3) is 0 Å². The summed E-state index contributed by atoms with van der Waals surface area (Å²) in [5.41, 5.74) is 4.61. The van der Waals surface area contributed by atoms with Crippen LogP contribution >= 0.6 is 0 Å². The Kier molecular flexibility index (Phi) is 3.33. The molecule has 2 aliphatic rings. The SMILES string of the molecule is C/C(=N/O)[C@@]1(C)CC2=C(CCCC2(C)C)C[C@@H]1C. The van der Waals surface area contributed by atoms with Crippen molar-refractivity contribution in [2.75, 3.05) is 0 Å². The molecule has 2 aliphatic carbocycles. The maximum absolute atomic E-state index is 9.17. The quantitative estimate of drug-likeness (QED) is 0.308. The number of rotatable bonds is 1. The minimum Gasteiger partial charge on any atom is -0.411 e. The minimum atomic E-state index is 0.0300. The molecule has 0 unspecified atom stereocenters. The van der Waals surface area contributed by atoms with Gasteiger partial charge >= 0.3 is 0 Å². The molecule has 0 amide bonds. The summed E-state index contributed by atoms with van der Waals surface area (Å²) < 4.78 is 0. The maximum Gasteiger partial charge on any atom is 0.0604 e. The van der Waals surface area contributed by atoms with Gasteiger partial charge in [-0.05, 0) is 50.4 Å². The Morgan fingerprint density at radius 2 is 2.00 bits per heavy atom. The molecule has 18 heavy (non-hydrogen) atoms. The van der Waals surface area contributed by atoms with Crippen LogP contribution in [0.15, 0.2) is 16.3 Å². The number of nitrogens with zero attached hydrogens (tertiary/aromatic N) is 1. The van der Waals surface area contributed by atoms with Crippen LogP contribution in [-0.4, -0.2) is 10.9 Å². The number of hydrogen-bond donors (Lipinski definition) is 1. The third-order valence-corrected chi connectivity index (χ3v) is 5.68. The first kappa shape index (κ1) is 13.6. The second-order valence-corrected chi connectivity index (χ2v) is 7.20. The average molecular weight is 249 g/mol. The lowest BCUT2D eigenvalue weighted by Gasteiger charge is -2.48. The summed E-state index contributed by atoms with van der Waals surface area (Å²) in [6.45, 7) is 11.3. The summed E-state index contributed by atoms with van der Waals surface area (Å²) in [6.07, 6.45) is 6.18. The van der Waals surface area contributed by atoms with E-state index in [0.717, 1.165) is 12.1 Å². The number of oxime groups is 1. The van der Waals surface area contributed by atoms with Crippen molar-refractivity contribution in [3.63, 3.8) is 0 Å². The van der Waals surface area contributed by atoms with Crippen LogP contribution < -0.4 is 0 Å². The van der Waals surface area contributed by atoms with E-state index in [1.165, 1.54) is 25.7 Å². The van der Waals surface area contributed by atoms with Gasteiger partial charge < -0.3 is 5.21 Å². The first-order chi connectivity index (χ1) is 8.31. The van der Waals surface area contributed by atoms with Gasteiger partial charge in [-0.15, -0.1) is 0 Å². The lowest BCUT2D eigenvalue weighted by molar-refractivity contribution is 0.214. The third-order valence-electron chi connectivity index (χ3n) is 5.68. The molecule has 0 saturated heterocycles. The van der Waals surface area contributed by atoms with Gasteiger partial charge in [-0.3, -0.25) is 0 Å². The van der Waals surface area contributed by atoms with Crippen LogP contribution in [0, 0.1) is 16.7 Å². The second kappa shape index (κ2) is 4.40. The molecule has 2 heteroatoms. The van der Waals surface area contributed by atoms with Crippen molar-refractivity contribution in [3.05, 3.63) is 11.1 Å². The van der Waals surface area contributed by atoms with E-state index >= 15 is 0 Å². The molecule has 0 saturated carbocycles. The van der Waals surface area contributed by atoms with Crippen LogP contribution in [0.2, 0.25) is 0 Å². The van der Waals surface area contributed by atoms with E-state index in [4.69, 9.17) is 5.21 Å². The Balaban J connectivity index is 2.41. The molecule has 0 fully saturated rings. The molecule has 102 valence electrons. The van der Waals surface area contributed by atoms with Gasteiger partial charge in [0, 0.05) is 5.41 Å². The summed E-state index contributed by atoms with van der Waals surface area (Å²) >= 11 is 0. The van der Waals surface area contributed by atoms with Crippen molar-refractivity contribution in [2.45, 2.75) is 66.7 Å². The van der Waals surface area contributed by atoms with E-state index in [1.807, 2.05) is 6.92 Å². The highest BCUT2D eigenvalue weighted by Crippen LogP contribution is 2.54. The molecule has 0 aromatic carbocycles. The highest BCUT2D eigenvalue weighted by Gasteiger charge is 2.44. The number of hydrogen-bond acceptors (Lipinski definition) is 2. The molecule has 0 aromatic rings. The monoisotopic (exact) mass is 249 g/mol. The van der Waals surface area contributed by atoms with Crippen LogP contribution in [0.4, 0.5) is 0 Å². The Labute approximate surface area is 111 Å². The van der Waals surface area contributed by atoms with Crippen LogP contribution in [0.3, 0.4) is 0 Å². The van der Waals surface area contributed by atoms with Crippen molar-refractivity contribution < 1.29 is 5.21 Å². The Morgan fingerprint density at radius 3 is 2.61 bits per heavy atom. The molecule has 0 bridgehead atoms. The van der Waals surface area contributed by atoms with E-state index in [2.05, 4.69) is 32.9 Å². The topological polar surface area (TPSA) is 32.6 Å². The van der Waals surface area contributed by atoms with Gasteiger partial charge in [0.15, 0.2) is 0 Å². The fourth-order valence-corrected chi connectivity index (χ4v) is 3.85. The lowest BCUT2D eigenvalue weighted by atomic mass is 9.57. The summed E-state index contributed by atoms with van der Waals surface area (Å²) in [5.74, 6) is 0.570. The molecule has 0 radical (unpaired) electrons.